The van der Waals surface area contributed by atoms with Gasteiger partial charge in [0.15, 0.2) is 0 Å². The minimum Gasteiger partial charge on any atom is -0.369 e. The Morgan fingerprint density at radius 2 is 1.76 bits per heavy atom. The number of amides is 1. The molecule has 1 aromatic carbocycles. The lowest BCUT2D eigenvalue weighted by Crippen LogP contribution is -2.45. The minimum absolute atomic E-state index is 0.147. The lowest BCUT2D eigenvalue weighted by Gasteiger charge is -2.28. The van der Waals surface area contributed by atoms with Crippen molar-refractivity contribution in [3.8, 4) is 0 Å². The van der Waals surface area contributed by atoms with Crippen molar-refractivity contribution in [2.75, 3.05) is 16.8 Å². The summed E-state index contributed by atoms with van der Waals surface area (Å²) < 4.78 is 0. The average molecular weight is 291 g/mol. The molecule has 21 heavy (non-hydrogen) atoms. The summed E-state index contributed by atoms with van der Waals surface area (Å²) in [5.41, 5.74) is 7.65. The molecule has 1 rings (SSSR count). The lowest BCUT2D eigenvalue weighted by atomic mass is 9.87. The first-order chi connectivity index (χ1) is 9.66. The second-order valence-corrected chi connectivity index (χ2v) is 6.76. The summed E-state index contributed by atoms with van der Waals surface area (Å²) in [5, 5.41) is 2.88. The number of nitrogens with zero attached hydrogens (tertiary/aromatic N) is 1. The van der Waals surface area contributed by atoms with Gasteiger partial charge in [-0.1, -0.05) is 20.8 Å². The molecule has 0 fully saturated rings. The molecule has 4 heteroatoms. The molecule has 0 saturated heterocycles. The van der Waals surface area contributed by atoms with Crippen LogP contribution in [0.3, 0.4) is 0 Å². The van der Waals surface area contributed by atoms with Crippen LogP contribution in [0.1, 0.15) is 41.5 Å². The van der Waals surface area contributed by atoms with Gasteiger partial charge in [-0.2, -0.15) is 0 Å². The van der Waals surface area contributed by atoms with Crippen molar-refractivity contribution < 1.29 is 4.79 Å². The van der Waals surface area contributed by atoms with Gasteiger partial charge < -0.3 is 16.0 Å². The van der Waals surface area contributed by atoms with Crippen LogP contribution in [0.2, 0.25) is 0 Å². The van der Waals surface area contributed by atoms with Gasteiger partial charge in [-0.05, 0) is 50.5 Å². The first kappa shape index (κ1) is 17.5. The highest BCUT2D eigenvalue weighted by Crippen LogP contribution is 2.22. The Labute approximate surface area is 128 Å². The molecule has 3 N–H and O–H groups in total. The summed E-state index contributed by atoms with van der Waals surface area (Å²) in [6.45, 7) is 13.3. The number of hydrogen-bond donors (Lipinski definition) is 2. The summed E-state index contributed by atoms with van der Waals surface area (Å²) in [4.78, 5) is 14.4. The molecule has 0 aliphatic rings. The molecular formula is C17H29N3O. The molecule has 1 amide bonds. The fourth-order valence-corrected chi connectivity index (χ4v) is 2.20. The lowest BCUT2D eigenvalue weighted by molar-refractivity contribution is -0.119. The molecule has 0 heterocycles. The Morgan fingerprint density at radius 3 is 2.14 bits per heavy atom. The summed E-state index contributed by atoms with van der Waals surface area (Å²) in [7, 11) is 0. The van der Waals surface area contributed by atoms with Gasteiger partial charge in [-0.15, -0.1) is 0 Å². The Morgan fingerprint density at radius 1 is 1.24 bits per heavy atom. The Hall–Kier alpha value is -1.55. The fourth-order valence-electron chi connectivity index (χ4n) is 2.20. The minimum atomic E-state index is -0.528. The van der Waals surface area contributed by atoms with E-state index in [1.54, 1.807) is 0 Å². The molecule has 1 aromatic rings. The summed E-state index contributed by atoms with van der Waals surface area (Å²) in [5.74, 6) is -0.147. The zero-order chi connectivity index (χ0) is 16.2. The molecule has 4 nitrogen and oxygen atoms in total. The Balaban J connectivity index is 2.77. The van der Waals surface area contributed by atoms with Crippen LogP contribution in [0.25, 0.3) is 0 Å². The van der Waals surface area contributed by atoms with Crippen LogP contribution < -0.4 is 16.0 Å². The zero-order valence-corrected chi connectivity index (χ0v) is 14.1. The topological polar surface area (TPSA) is 58.4 Å². The van der Waals surface area contributed by atoms with E-state index in [2.05, 4.69) is 31.0 Å². The highest BCUT2D eigenvalue weighted by Gasteiger charge is 2.27. The molecule has 0 aliphatic carbocycles. The van der Waals surface area contributed by atoms with Crippen LogP contribution in [0.15, 0.2) is 24.3 Å². The van der Waals surface area contributed by atoms with Gasteiger partial charge in [-0.3, -0.25) is 4.79 Å². The van der Waals surface area contributed by atoms with Crippen LogP contribution in [0.5, 0.6) is 0 Å². The normalized spacial score (nSPS) is 13.1. The maximum absolute atomic E-state index is 12.1. The molecule has 1 atom stereocenters. The third-order valence-electron chi connectivity index (χ3n) is 3.65. The van der Waals surface area contributed by atoms with Gasteiger partial charge >= 0.3 is 0 Å². The van der Waals surface area contributed by atoms with Gasteiger partial charge in [0.05, 0.1) is 6.04 Å². The maximum atomic E-state index is 12.1. The average Bonchev–Trinajstić information content (AvgIpc) is 2.39. The van der Waals surface area contributed by atoms with Crippen molar-refractivity contribution in [1.29, 1.82) is 0 Å². The van der Waals surface area contributed by atoms with Gasteiger partial charge in [-0.25, -0.2) is 0 Å². The molecule has 0 spiro atoms. The number of anilines is 2. The van der Waals surface area contributed by atoms with Gasteiger partial charge in [0.2, 0.25) is 5.91 Å². The maximum Gasteiger partial charge on any atom is 0.241 e. The number of hydrogen-bond acceptors (Lipinski definition) is 3. The molecule has 0 aliphatic heterocycles. The second-order valence-electron chi connectivity index (χ2n) is 6.76. The van der Waals surface area contributed by atoms with Crippen LogP contribution in [-0.4, -0.2) is 24.5 Å². The van der Waals surface area contributed by atoms with E-state index in [4.69, 9.17) is 5.73 Å². The monoisotopic (exact) mass is 291 g/mol. The largest absolute Gasteiger partial charge is 0.369 e. The summed E-state index contributed by atoms with van der Waals surface area (Å²) >= 11 is 0. The van der Waals surface area contributed by atoms with Gasteiger partial charge in [0, 0.05) is 24.0 Å². The van der Waals surface area contributed by atoms with Crippen LogP contribution in [0.4, 0.5) is 11.4 Å². The SMILES string of the molecule is CCN(c1ccc(NC(=O)C(N)C(C)(C)C)cc1)C(C)C. The summed E-state index contributed by atoms with van der Waals surface area (Å²) in [6.07, 6.45) is 0. The first-order valence-electron chi connectivity index (χ1n) is 7.60. The van der Waals surface area contributed by atoms with Crippen molar-refractivity contribution in [3.63, 3.8) is 0 Å². The van der Waals surface area contributed by atoms with Crippen molar-refractivity contribution in [2.24, 2.45) is 11.1 Å². The van der Waals surface area contributed by atoms with E-state index in [0.29, 0.717) is 6.04 Å². The zero-order valence-electron chi connectivity index (χ0n) is 14.1. The Kier molecular flexibility index (Phi) is 5.78. The number of rotatable bonds is 5. The van der Waals surface area contributed by atoms with Crippen molar-refractivity contribution >= 4 is 17.3 Å². The highest BCUT2D eigenvalue weighted by molar-refractivity contribution is 5.95. The van der Waals surface area contributed by atoms with E-state index < -0.39 is 6.04 Å². The van der Waals surface area contributed by atoms with Crippen LogP contribution >= 0.6 is 0 Å². The quantitative estimate of drug-likeness (QED) is 0.875. The molecule has 0 radical (unpaired) electrons. The predicted molar refractivity (Wildman–Crippen MR) is 90.7 cm³/mol. The second kappa shape index (κ2) is 6.94. The van der Waals surface area contributed by atoms with E-state index in [9.17, 15) is 4.79 Å². The smallest absolute Gasteiger partial charge is 0.241 e. The molecule has 0 aromatic heterocycles. The fraction of sp³-hybridized carbons (Fsp3) is 0.588. The number of nitrogens with one attached hydrogen (secondary N) is 1. The third kappa shape index (κ3) is 4.74. The predicted octanol–water partition coefficient (Wildman–Crippen LogP) is 3.23. The number of carbonyl (C=O) groups excluding carboxylic acids is 1. The van der Waals surface area contributed by atoms with E-state index in [-0.39, 0.29) is 11.3 Å². The van der Waals surface area contributed by atoms with Gasteiger partial charge in [0.1, 0.15) is 0 Å². The molecular weight excluding hydrogens is 262 g/mol. The van der Waals surface area contributed by atoms with E-state index in [1.165, 1.54) is 0 Å². The number of carbonyl (C=O) groups is 1. The Bertz CT molecular complexity index is 460. The molecule has 0 saturated carbocycles. The highest BCUT2D eigenvalue weighted by atomic mass is 16.2. The molecule has 1 unspecified atom stereocenters. The standard InChI is InChI=1S/C17H29N3O/c1-7-20(12(2)3)14-10-8-13(9-11-14)19-16(21)15(18)17(4,5)6/h8-12,15H,7,18H2,1-6H3,(H,19,21). The van der Waals surface area contributed by atoms with Crippen molar-refractivity contribution in [2.45, 2.75) is 53.6 Å². The summed E-state index contributed by atoms with van der Waals surface area (Å²) in [6, 6.07) is 7.83. The first-order valence-corrected chi connectivity index (χ1v) is 7.60. The van der Waals surface area contributed by atoms with Crippen molar-refractivity contribution in [3.05, 3.63) is 24.3 Å². The van der Waals surface area contributed by atoms with Gasteiger partial charge in [0.25, 0.3) is 0 Å². The number of nitrogens with two attached hydrogens (primary N) is 1. The van der Waals surface area contributed by atoms with E-state index in [0.717, 1.165) is 17.9 Å². The number of benzene rings is 1. The van der Waals surface area contributed by atoms with E-state index >= 15 is 0 Å². The molecule has 0 bridgehead atoms. The van der Waals surface area contributed by atoms with Crippen LogP contribution in [-0.2, 0) is 4.79 Å². The molecule has 118 valence electrons. The van der Waals surface area contributed by atoms with Crippen LogP contribution in [0, 0.1) is 5.41 Å². The van der Waals surface area contributed by atoms with Crippen molar-refractivity contribution in [1.82, 2.24) is 0 Å². The third-order valence-corrected chi connectivity index (χ3v) is 3.65. The van der Waals surface area contributed by atoms with E-state index in [1.807, 2.05) is 45.0 Å².